The van der Waals surface area contributed by atoms with Gasteiger partial charge in [-0.15, -0.1) is 0 Å². The van der Waals surface area contributed by atoms with Crippen molar-refractivity contribution in [2.24, 2.45) is 5.10 Å². The van der Waals surface area contributed by atoms with Crippen molar-refractivity contribution in [3.05, 3.63) is 82.9 Å². The Labute approximate surface area is 196 Å². The molecule has 3 aromatic rings. The fraction of sp³-hybridized carbons (Fsp3) is 0.130. The lowest BCUT2D eigenvalue weighted by atomic mass is 10.2. The quantitative estimate of drug-likeness (QED) is 0.209. The number of sulfonamides is 1. The molecule has 172 valence electrons. The third-order valence-electron chi connectivity index (χ3n) is 4.30. The lowest BCUT2D eigenvalue weighted by Gasteiger charge is -2.10. The highest BCUT2D eigenvalue weighted by molar-refractivity contribution is 7.89. The van der Waals surface area contributed by atoms with Gasteiger partial charge in [0.05, 0.1) is 30.4 Å². The zero-order valence-corrected chi connectivity index (χ0v) is 19.4. The molecule has 0 saturated heterocycles. The summed E-state index contributed by atoms with van der Waals surface area (Å²) in [4.78, 5) is 14.6. The number of ether oxygens (including phenoxy) is 3. The van der Waals surface area contributed by atoms with E-state index in [2.05, 4.69) is 9.93 Å². The molecule has 0 aliphatic rings. The Bertz CT molecular complexity index is 1240. The maximum absolute atomic E-state index is 12.4. The van der Waals surface area contributed by atoms with Crippen molar-refractivity contribution in [1.29, 1.82) is 0 Å². The van der Waals surface area contributed by atoms with Crippen LogP contribution in [0.1, 0.15) is 22.8 Å². The van der Waals surface area contributed by atoms with Crippen molar-refractivity contribution in [3.63, 3.8) is 0 Å². The fourth-order valence-corrected chi connectivity index (χ4v) is 3.62. The van der Waals surface area contributed by atoms with E-state index in [-0.39, 0.29) is 16.4 Å². The number of carbonyl (C=O) groups is 1. The lowest BCUT2D eigenvalue weighted by molar-refractivity contribution is 0.0729. The zero-order valence-electron chi connectivity index (χ0n) is 17.8. The summed E-state index contributed by atoms with van der Waals surface area (Å²) in [6.07, 6.45) is 1.30. The first-order valence-electron chi connectivity index (χ1n) is 9.76. The molecule has 0 atom stereocenters. The maximum atomic E-state index is 12.4. The molecule has 3 rings (SSSR count). The molecule has 0 radical (unpaired) electrons. The van der Waals surface area contributed by atoms with Gasteiger partial charge in [-0.25, -0.2) is 9.63 Å². The second-order valence-electron chi connectivity index (χ2n) is 6.56. The Balaban J connectivity index is 1.68. The van der Waals surface area contributed by atoms with E-state index in [9.17, 15) is 13.2 Å². The van der Waals surface area contributed by atoms with Crippen LogP contribution in [0, 0.1) is 0 Å². The van der Waals surface area contributed by atoms with E-state index >= 15 is 0 Å². The molecule has 3 aromatic carbocycles. The van der Waals surface area contributed by atoms with Crippen LogP contribution in [-0.4, -0.2) is 34.3 Å². The summed E-state index contributed by atoms with van der Waals surface area (Å²) in [7, 11) is -2.42. The minimum Gasteiger partial charge on any atom is -0.494 e. The van der Waals surface area contributed by atoms with E-state index in [1.165, 1.54) is 43.7 Å². The Morgan fingerprint density at radius 2 is 1.73 bits per heavy atom. The number of esters is 1. The second kappa shape index (κ2) is 10.8. The van der Waals surface area contributed by atoms with E-state index < -0.39 is 16.0 Å². The first-order chi connectivity index (χ1) is 15.8. The number of rotatable bonds is 9. The number of methoxy groups -OCH3 is 1. The number of hydrogen-bond donors (Lipinski definition) is 1. The number of nitrogens with zero attached hydrogens (tertiary/aromatic N) is 1. The molecule has 0 aliphatic carbocycles. The summed E-state index contributed by atoms with van der Waals surface area (Å²) in [6.45, 7) is 2.40. The zero-order chi connectivity index (χ0) is 23.8. The van der Waals surface area contributed by atoms with Crippen LogP contribution in [-0.2, 0) is 10.0 Å². The molecule has 0 aliphatic heterocycles. The molecule has 33 heavy (non-hydrogen) atoms. The minimum atomic E-state index is -3.84. The van der Waals surface area contributed by atoms with Gasteiger partial charge in [-0.1, -0.05) is 11.6 Å². The highest BCUT2D eigenvalue weighted by Gasteiger charge is 2.14. The summed E-state index contributed by atoms with van der Waals surface area (Å²) in [6, 6.07) is 16.9. The van der Waals surface area contributed by atoms with Gasteiger partial charge in [0, 0.05) is 5.02 Å². The molecule has 0 aromatic heterocycles. The van der Waals surface area contributed by atoms with Gasteiger partial charge in [0.1, 0.15) is 5.75 Å². The second-order valence-corrected chi connectivity index (χ2v) is 8.66. The molecule has 0 amide bonds. The molecule has 0 bridgehead atoms. The predicted octanol–water partition coefficient (Wildman–Crippen LogP) is 4.28. The van der Waals surface area contributed by atoms with Gasteiger partial charge in [-0.2, -0.15) is 13.5 Å². The van der Waals surface area contributed by atoms with E-state index in [0.29, 0.717) is 28.5 Å². The number of hydrazone groups is 1. The van der Waals surface area contributed by atoms with Crippen molar-refractivity contribution in [2.75, 3.05) is 13.7 Å². The van der Waals surface area contributed by atoms with Crippen LogP contribution in [0.25, 0.3) is 0 Å². The van der Waals surface area contributed by atoms with E-state index in [1.54, 1.807) is 36.4 Å². The molecule has 8 nitrogen and oxygen atoms in total. The third-order valence-corrected chi connectivity index (χ3v) is 5.79. The molecule has 0 unspecified atom stereocenters. The number of hydrogen-bond acceptors (Lipinski definition) is 7. The number of benzene rings is 3. The van der Waals surface area contributed by atoms with Crippen molar-refractivity contribution in [2.45, 2.75) is 11.8 Å². The number of nitrogens with one attached hydrogen (secondary N) is 1. The minimum absolute atomic E-state index is 0.0261. The molecule has 0 saturated carbocycles. The monoisotopic (exact) mass is 488 g/mol. The Kier molecular flexibility index (Phi) is 7.92. The first-order valence-corrected chi connectivity index (χ1v) is 11.6. The van der Waals surface area contributed by atoms with Gasteiger partial charge < -0.3 is 14.2 Å². The first kappa shape index (κ1) is 24.1. The van der Waals surface area contributed by atoms with E-state index in [4.69, 9.17) is 25.8 Å². The number of halogens is 1. The van der Waals surface area contributed by atoms with Gasteiger partial charge in [0.15, 0.2) is 11.5 Å². The molecule has 0 heterocycles. The molecular weight excluding hydrogens is 468 g/mol. The molecule has 1 N–H and O–H groups in total. The maximum Gasteiger partial charge on any atom is 0.343 e. The molecule has 0 fully saturated rings. The molecular formula is C23H21ClN2O6S. The van der Waals surface area contributed by atoms with Crippen LogP contribution in [0.5, 0.6) is 17.2 Å². The highest BCUT2D eigenvalue weighted by Crippen LogP contribution is 2.28. The SMILES string of the molecule is CCOc1ccc(C(=O)Oc2ccc(/C=N\NS(=O)(=O)c3ccc(Cl)cc3)cc2OC)cc1. The molecule has 10 heteroatoms. The lowest BCUT2D eigenvalue weighted by Crippen LogP contribution is -2.18. The van der Waals surface area contributed by atoms with Crippen molar-refractivity contribution in [3.8, 4) is 17.2 Å². The average molecular weight is 489 g/mol. The van der Waals surface area contributed by atoms with Crippen LogP contribution < -0.4 is 19.0 Å². The van der Waals surface area contributed by atoms with Crippen LogP contribution in [0.15, 0.2) is 76.7 Å². The van der Waals surface area contributed by atoms with Crippen molar-refractivity contribution >= 4 is 33.8 Å². The topological polar surface area (TPSA) is 103 Å². The summed E-state index contributed by atoms with van der Waals surface area (Å²) >= 11 is 5.78. The Morgan fingerprint density at radius 1 is 1.03 bits per heavy atom. The highest BCUT2D eigenvalue weighted by atomic mass is 35.5. The van der Waals surface area contributed by atoms with Gasteiger partial charge in [0.25, 0.3) is 10.0 Å². The van der Waals surface area contributed by atoms with Crippen molar-refractivity contribution in [1.82, 2.24) is 4.83 Å². The van der Waals surface area contributed by atoms with Crippen LogP contribution >= 0.6 is 11.6 Å². The largest absolute Gasteiger partial charge is 0.494 e. The van der Waals surface area contributed by atoms with E-state index in [1.807, 2.05) is 6.92 Å². The van der Waals surface area contributed by atoms with Gasteiger partial charge in [0.2, 0.25) is 0 Å². The Hall–Kier alpha value is -3.56. The fourth-order valence-electron chi connectivity index (χ4n) is 2.70. The molecule has 0 spiro atoms. The summed E-state index contributed by atoms with van der Waals surface area (Å²) in [5.74, 6) is 0.574. The summed E-state index contributed by atoms with van der Waals surface area (Å²) in [5.41, 5.74) is 0.870. The predicted molar refractivity (Wildman–Crippen MR) is 125 cm³/mol. The normalized spacial score (nSPS) is 11.2. The standard InChI is InChI=1S/C23H21ClN2O6S/c1-3-31-19-9-5-17(6-10-19)23(27)32-21-13-4-16(14-22(21)30-2)15-25-26-33(28,29)20-11-7-18(24)8-12-20/h4-15,26H,3H2,1-2H3/b25-15-. The van der Waals surface area contributed by atoms with Gasteiger partial charge in [-0.05, 0) is 79.2 Å². The van der Waals surface area contributed by atoms with Crippen molar-refractivity contribution < 1.29 is 27.4 Å². The summed E-state index contributed by atoms with van der Waals surface area (Å²) in [5, 5.41) is 4.20. The average Bonchev–Trinajstić information content (AvgIpc) is 2.80. The van der Waals surface area contributed by atoms with Crippen LogP contribution in [0.4, 0.5) is 0 Å². The van der Waals surface area contributed by atoms with E-state index in [0.717, 1.165) is 0 Å². The summed E-state index contributed by atoms with van der Waals surface area (Å²) < 4.78 is 40.6. The smallest absolute Gasteiger partial charge is 0.343 e. The van der Waals surface area contributed by atoms with Crippen LogP contribution in [0.2, 0.25) is 5.02 Å². The number of carbonyl (C=O) groups excluding carboxylic acids is 1. The Morgan fingerprint density at radius 3 is 2.36 bits per heavy atom. The van der Waals surface area contributed by atoms with Crippen LogP contribution in [0.3, 0.4) is 0 Å². The van der Waals surface area contributed by atoms with Gasteiger partial charge in [-0.3, -0.25) is 0 Å². The van der Waals surface area contributed by atoms with Gasteiger partial charge >= 0.3 is 5.97 Å². The third kappa shape index (κ3) is 6.47.